The Morgan fingerprint density at radius 1 is 1.43 bits per heavy atom. The number of nitrogens with zero attached hydrogens (tertiary/aromatic N) is 1. The lowest BCUT2D eigenvalue weighted by Gasteiger charge is -2.12. The fourth-order valence-corrected chi connectivity index (χ4v) is 1.72. The van der Waals surface area contributed by atoms with E-state index in [9.17, 15) is 4.79 Å². The monoisotopic (exact) mass is 190 g/mol. The van der Waals surface area contributed by atoms with Gasteiger partial charge in [-0.1, -0.05) is 30.3 Å². The predicted octanol–water partition coefficient (Wildman–Crippen LogP) is 1.14. The molecule has 14 heavy (non-hydrogen) atoms. The molecule has 1 aliphatic heterocycles. The fraction of sp³-hybridized carbons (Fsp3) is 0.364. The van der Waals surface area contributed by atoms with Crippen LogP contribution in [0.2, 0.25) is 0 Å². The highest BCUT2D eigenvalue weighted by molar-refractivity contribution is 5.73. The van der Waals surface area contributed by atoms with Gasteiger partial charge in [0, 0.05) is 13.5 Å². The molecule has 1 fully saturated rings. The second-order valence-corrected chi connectivity index (χ2v) is 3.57. The molecule has 1 aromatic rings. The van der Waals surface area contributed by atoms with Gasteiger partial charge in [0.15, 0.2) is 0 Å². The van der Waals surface area contributed by atoms with Crippen LogP contribution in [0.3, 0.4) is 0 Å². The van der Waals surface area contributed by atoms with Crippen molar-refractivity contribution >= 4 is 5.91 Å². The maximum absolute atomic E-state index is 11.1. The first kappa shape index (κ1) is 9.21. The number of amides is 1. The lowest BCUT2D eigenvalue weighted by atomic mass is 10.1. The molecular formula is C11H14N2O. The molecule has 0 radical (unpaired) electrons. The number of rotatable bonds is 1. The van der Waals surface area contributed by atoms with E-state index in [1.165, 1.54) is 5.56 Å². The molecule has 74 valence electrons. The van der Waals surface area contributed by atoms with E-state index in [4.69, 9.17) is 0 Å². The molecule has 1 amide bonds. The summed E-state index contributed by atoms with van der Waals surface area (Å²) in [6.45, 7) is 3.04. The van der Waals surface area contributed by atoms with Crippen molar-refractivity contribution in [3.8, 4) is 0 Å². The van der Waals surface area contributed by atoms with E-state index in [2.05, 4.69) is 17.4 Å². The van der Waals surface area contributed by atoms with Crippen molar-refractivity contribution in [1.29, 1.82) is 0 Å². The Hall–Kier alpha value is -1.35. The van der Waals surface area contributed by atoms with Crippen LogP contribution in [-0.4, -0.2) is 24.0 Å². The first-order valence-electron chi connectivity index (χ1n) is 4.81. The standard InChI is InChI=1S/C11H14N2O/c1-9(14)13-7-11(12-8-13)10-5-3-2-4-6-10/h2-6,11-12H,7-8H2,1H3/t11-/m1/s1. The van der Waals surface area contributed by atoms with Gasteiger partial charge in [0.05, 0.1) is 12.7 Å². The number of hydrogen-bond donors (Lipinski definition) is 1. The van der Waals surface area contributed by atoms with Gasteiger partial charge < -0.3 is 4.90 Å². The van der Waals surface area contributed by atoms with Crippen molar-refractivity contribution in [1.82, 2.24) is 10.2 Å². The van der Waals surface area contributed by atoms with Gasteiger partial charge in [-0.3, -0.25) is 10.1 Å². The van der Waals surface area contributed by atoms with Gasteiger partial charge in [0.1, 0.15) is 0 Å². The van der Waals surface area contributed by atoms with Gasteiger partial charge in [0.25, 0.3) is 0 Å². The Balaban J connectivity index is 2.06. The molecule has 2 rings (SSSR count). The molecule has 1 heterocycles. The van der Waals surface area contributed by atoms with E-state index < -0.39 is 0 Å². The summed E-state index contributed by atoms with van der Waals surface area (Å²) in [5.41, 5.74) is 1.25. The van der Waals surface area contributed by atoms with E-state index in [1.54, 1.807) is 6.92 Å². The topological polar surface area (TPSA) is 32.3 Å². The summed E-state index contributed by atoms with van der Waals surface area (Å²) < 4.78 is 0. The minimum absolute atomic E-state index is 0.135. The maximum atomic E-state index is 11.1. The van der Waals surface area contributed by atoms with Gasteiger partial charge in [-0.05, 0) is 5.56 Å². The normalized spacial score (nSPS) is 21.2. The Bertz CT molecular complexity index is 323. The van der Waals surface area contributed by atoms with Gasteiger partial charge in [-0.15, -0.1) is 0 Å². The Kier molecular flexibility index (Phi) is 2.50. The molecule has 0 aromatic heterocycles. The fourth-order valence-electron chi connectivity index (χ4n) is 1.72. The molecule has 0 bridgehead atoms. The average Bonchev–Trinajstić information content (AvgIpc) is 2.68. The number of nitrogens with one attached hydrogen (secondary N) is 1. The largest absolute Gasteiger partial charge is 0.328 e. The highest BCUT2D eigenvalue weighted by Crippen LogP contribution is 2.18. The van der Waals surface area contributed by atoms with Crippen LogP contribution in [0, 0.1) is 0 Å². The van der Waals surface area contributed by atoms with Crippen molar-refractivity contribution in [3.05, 3.63) is 35.9 Å². The summed E-state index contributed by atoms with van der Waals surface area (Å²) in [6, 6.07) is 10.5. The van der Waals surface area contributed by atoms with E-state index >= 15 is 0 Å². The summed E-state index contributed by atoms with van der Waals surface area (Å²) in [4.78, 5) is 12.9. The second-order valence-electron chi connectivity index (χ2n) is 3.57. The number of benzene rings is 1. The zero-order valence-electron chi connectivity index (χ0n) is 8.23. The SMILES string of the molecule is CC(=O)N1CN[C@@H](c2ccccc2)C1. The lowest BCUT2D eigenvalue weighted by Crippen LogP contribution is -2.26. The summed E-state index contributed by atoms with van der Waals surface area (Å²) in [5.74, 6) is 0.135. The van der Waals surface area contributed by atoms with E-state index in [-0.39, 0.29) is 5.91 Å². The Labute approximate surface area is 83.7 Å². The third-order valence-corrected chi connectivity index (χ3v) is 2.58. The second kappa shape index (κ2) is 3.80. The first-order chi connectivity index (χ1) is 6.77. The summed E-state index contributed by atoms with van der Waals surface area (Å²) >= 11 is 0. The number of carbonyl (C=O) groups is 1. The Morgan fingerprint density at radius 3 is 2.71 bits per heavy atom. The van der Waals surface area contributed by atoms with Gasteiger partial charge >= 0.3 is 0 Å². The van der Waals surface area contributed by atoms with Gasteiger partial charge in [-0.25, -0.2) is 0 Å². The first-order valence-corrected chi connectivity index (χ1v) is 4.81. The molecular weight excluding hydrogens is 176 g/mol. The molecule has 1 atom stereocenters. The van der Waals surface area contributed by atoms with E-state index in [0.717, 1.165) is 6.54 Å². The third-order valence-electron chi connectivity index (χ3n) is 2.58. The van der Waals surface area contributed by atoms with Crippen LogP contribution < -0.4 is 5.32 Å². The van der Waals surface area contributed by atoms with E-state index in [1.807, 2.05) is 23.1 Å². The Morgan fingerprint density at radius 2 is 2.14 bits per heavy atom. The summed E-state index contributed by atoms with van der Waals surface area (Å²) in [6.07, 6.45) is 0. The molecule has 0 spiro atoms. The molecule has 1 aromatic carbocycles. The van der Waals surface area contributed by atoms with E-state index in [0.29, 0.717) is 12.7 Å². The van der Waals surface area contributed by atoms with Crippen LogP contribution in [-0.2, 0) is 4.79 Å². The molecule has 0 aliphatic carbocycles. The molecule has 3 nitrogen and oxygen atoms in total. The number of carbonyl (C=O) groups excluding carboxylic acids is 1. The third kappa shape index (κ3) is 1.77. The van der Waals surface area contributed by atoms with Crippen molar-refractivity contribution in [2.75, 3.05) is 13.2 Å². The van der Waals surface area contributed by atoms with Crippen molar-refractivity contribution in [2.24, 2.45) is 0 Å². The summed E-state index contributed by atoms with van der Waals surface area (Å²) in [5, 5.41) is 3.31. The van der Waals surface area contributed by atoms with Crippen molar-refractivity contribution in [3.63, 3.8) is 0 Å². The smallest absolute Gasteiger partial charge is 0.220 e. The lowest BCUT2D eigenvalue weighted by molar-refractivity contribution is -0.127. The van der Waals surface area contributed by atoms with Crippen LogP contribution in [0.5, 0.6) is 0 Å². The molecule has 1 saturated heterocycles. The summed E-state index contributed by atoms with van der Waals surface area (Å²) in [7, 11) is 0. The van der Waals surface area contributed by atoms with Crippen LogP contribution in [0.1, 0.15) is 18.5 Å². The molecule has 1 aliphatic rings. The zero-order valence-corrected chi connectivity index (χ0v) is 8.23. The average molecular weight is 190 g/mol. The zero-order chi connectivity index (χ0) is 9.97. The maximum Gasteiger partial charge on any atom is 0.220 e. The van der Waals surface area contributed by atoms with Crippen molar-refractivity contribution in [2.45, 2.75) is 13.0 Å². The highest BCUT2D eigenvalue weighted by Gasteiger charge is 2.23. The minimum Gasteiger partial charge on any atom is -0.328 e. The quantitative estimate of drug-likeness (QED) is 0.720. The van der Waals surface area contributed by atoms with Crippen LogP contribution in [0.15, 0.2) is 30.3 Å². The molecule has 0 unspecified atom stereocenters. The van der Waals surface area contributed by atoms with Crippen LogP contribution in [0.25, 0.3) is 0 Å². The van der Waals surface area contributed by atoms with Gasteiger partial charge in [0.2, 0.25) is 5.91 Å². The van der Waals surface area contributed by atoms with Crippen LogP contribution >= 0.6 is 0 Å². The molecule has 0 saturated carbocycles. The predicted molar refractivity (Wildman–Crippen MR) is 54.6 cm³/mol. The van der Waals surface area contributed by atoms with Gasteiger partial charge in [-0.2, -0.15) is 0 Å². The molecule has 3 heteroatoms. The highest BCUT2D eigenvalue weighted by atomic mass is 16.2. The molecule has 1 N–H and O–H groups in total. The number of hydrogen-bond acceptors (Lipinski definition) is 2. The van der Waals surface area contributed by atoms with Crippen LogP contribution in [0.4, 0.5) is 0 Å². The minimum atomic E-state index is 0.135. The van der Waals surface area contributed by atoms with Crippen molar-refractivity contribution < 1.29 is 4.79 Å².